The molecule has 0 spiro atoms. The van der Waals surface area contributed by atoms with E-state index in [4.69, 9.17) is 9.47 Å². The Morgan fingerprint density at radius 1 is 1.21 bits per heavy atom. The minimum Gasteiger partial charge on any atom is -0.459 e. The first-order chi connectivity index (χ1) is 11.6. The van der Waals surface area contributed by atoms with Gasteiger partial charge in [0.2, 0.25) is 0 Å². The number of esters is 1. The molecule has 1 fully saturated rings. The predicted octanol–water partition coefficient (Wildman–Crippen LogP) is 3.28. The van der Waals surface area contributed by atoms with Crippen LogP contribution in [0.4, 0.5) is 0 Å². The van der Waals surface area contributed by atoms with Gasteiger partial charge in [0.05, 0.1) is 12.7 Å². The standard InChI is InChI=1S/C19H23NO4/c1-13-6-2-5-9-17(13)23-10-11-24-19(22)16-12-14-7-3-4-8-15(14)18(21)20-16/h3-4,7-8,12-13,17H,2,5-6,9-11H2,1H3,(H,20,21). The first-order valence-electron chi connectivity index (χ1n) is 8.56. The molecule has 5 heteroatoms. The summed E-state index contributed by atoms with van der Waals surface area (Å²) in [4.78, 5) is 26.7. The minimum absolute atomic E-state index is 0.171. The van der Waals surface area contributed by atoms with Gasteiger partial charge in [0, 0.05) is 5.39 Å². The maximum atomic E-state index is 12.1. The molecule has 1 N–H and O–H groups in total. The lowest BCUT2D eigenvalue weighted by atomic mass is 9.88. The Balaban J connectivity index is 1.54. The molecule has 2 unspecified atom stereocenters. The van der Waals surface area contributed by atoms with Crippen LogP contribution in [0.25, 0.3) is 10.8 Å². The Hall–Kier alpha value is -2.14. The van der Waals surface area contributed by atoms with Crippen molar-refractivity contribution in [2.24, 2.45) is 5.92 Å². The van der Waals surface area contributed by atoms with Crippen LogP contribution < -0.4 is 5.56 Å². The maximum absolute atomic E-state index is 12.1. The van der Waals surface area contributed by atoms with Crippen molar-refractivity contribution in [2.75, 3.05) is 13.2 Å². The summed E-state index contributed by atoms with van der Waals surface area (Å²) in [6.07, 6.45) is 5.01. The van der Waals surface area contributed by atoms with Gasteiger partial charge in [-0.3, -0.25) is 4.79 Å². The van der Waals surface area contributed by atoms with Crippen LogP contribution in [0.1, 0.15) is 43.1 Å². The van der Waals surface area contributed by atoms with E-state index >= 15 is 0 Å². The van der Waals surface area contributed by atoms with E-state index < -0.39 is 5.97 Å². The number of hydrogen-bond donors (Lipinski definition) is 1. The van der Waals surface area contributed by atoms with Gasteiger partial charge < -0.3 is 14.5 Å². The van der Waals surface area contributed by atoms with E-state index in [0.29, 0.717) is 17.9 Å². The van der Waals surface area contributed by atoms with Crippen LogP contribution in [0.2, 0.25) is 0 Å². The molecule has 24 heavy (non-hydrogen) atoms. The van der Waals surface area contributed by atoms with Crippen LogP contribution in [0.5, 0.6) is 0 Å². The van der Waals surface area contributed by atoms with E-state index in [-0.39, 0.29) is 24.0 Å². The molecule has 0 radical (unpaired) electrons. The van der Waals surface area contributed by atoms with Crippen LogP contribution in [-0.2, 0) is 9.47 Å². The second kappa shape index (κ2) is 7.62. The van der Waals surface area contributed by atoms with Crippen LogP contribution in [-0.4, -0.2) is 30.3 Å². The van der Waals surface area contributed by atoms with Gasteiger partial charge in [-0.2, -0.15) is 0 Å². The normalized spacial score (nSPS) is 20.9. The van der Waals surface area contributed by atoms with Crippen molar-refractivity contribution in [3.63, 3.8) is 0 Å². The molecule has 1 saturated carbocycles. The Bertz CT molecular complexity index is 767. The number of benzene rings is 1. The molecular weight excluding hydrogens is 306 g/mol. The number of carbonyl (C=O) groups is 1. The zero-order valence-corrected chi connectivity index (χ0v) is 13.9. The van der Waals surface area contributed by atoms with Gasteiger partial charge in [0.1, 0.15) is 12.3 Å². The fourth-order valence-electron chi connectivity index (χ4n) is 3.26. The lowest BCUT2D eigenvalue weighted by Crippen LogP contribution is -2.27. The van der Waals surface area contributed by atoms with Gasteiger partial charge in [0.15, 0.2) is 0 Å². The molecule has 5 nitrogen and oxygen atoms in total. The number of rotatable bonds is 5. The molecule has 2 aromatic rings. The Morgan fingerprint density at radius 3 is 2.83 bits per heavy atom. The topological polar surface area (TPSA) is 68.4 Å². The molecule has 0 amide bonds. The van der Waals surface area contributed by atoms with E-state index in [1.807, 2.05) is 6.07 Å². The number of fused-ring (bicyclic) bond motifs is 1. The summed E-state index contributed by atoms with van der Waals surface area (Å²) in [6.45, 7) is 2.78. The van der Waals surface area contributed by atoms with Crippen LogP contribution in [0.3, 0.4) is 0 Å². The van der Waals surface area contributed by atoms with Gasteiger partial charge in [-0.1, -0.05) is 38.0 Å². The molecule has 0 bridgehead atoms. The van der Waals surface area contributed by atoms with Crippen molar-refractivity contribution < 1.29 is 14.3 Å². The summed E-state index contributed by atoms with van der Waals surface area (Å²) in [5.74, 6) is 0.0319. The molecule has 0 aliphatic heterocycles. The zero-order valence-electron chi connectivity index (χ0n) is 13.9. The number of pyridine rings is 1. The summed E-state index contributed by atoms with van der Waals surface area (Å²) in [5.41, 5.74) is -0.114. The molecule has 0 saturated heterocycles. The number of ether oxygens (including phenoxy) is 2. The van der Waals surface area contributed by atoms with Crippen LogP contribution in [0.15, 0.2) is 35.1 Å². The number of hydrogen-bond acceptors (Lipinski definition) is 4. The number of aromatic amines is 1. The van der Waals surface area contributed by atoms with E-state index in [1.54, 1.807) is 24.3 Å². The van der Waals surface area contributed by atoms with E-state index in [1.165, 1.54) is 19.3 Å². The van der Waals surface area contributed by atoms with Gasteiger partial charge in [-0.15, -0.1) is 0 Å². The van der Waals surface area contributed by atoms with Gasteiger partial charge in [-0.25, -0.2) is 4.79 Å². The third-order valence-corrected chi connectivity index (χ3v) is 4.65. The summed E-state index contributed by atoms with van der Waals surface area (Å²) >= 11 is 0. The minimum atomic E-state index is -0.529. The highest BCUT2D eigenvalue weighted by molar-refractivity contribution is 5.92. The monoisotopic (exact) mass is 329 g/mol. The highest BCUT2D eigenvalue weighted by atomic mass is 16.6. The van der Waals surface area contributed by atoms with Gasteiger partial charge in [-0.05, 0) is 36.3 Å². The largest absolute Gasteiger partial charge is 0.459 e. The van der Waals surface area contributed by atoms with Crippen molar-refractivity contribution in [3.05, 3.63) is 46.4 Å². The Labute approximate surface area is 141 Å². The highest BCUT2D eigenvalue weighted by Gasteiger charge is 2.21. The molecule has 1 aliphatic rings. The van der Waals surface area contributed by atoms with Gasteiger partial charge in [0.25, 0.3) is 5.56 Å². The predicted molar refractivity (Wildman–Crippen MR) is 92.2 cm³/mol. The molecular formula is C19H23NO4. The first kappa shape index (κ1) is 16.7. The lowest BCUT2D eigenvalue weighted by molar-refractivity contribution is -0.0272. The average molecular weight is 329 g/mol. The fraction of sp³-hybridized carbons (Fsp3) is 0.474. The molecule has 128 valence electrons. The SMILES string of the molecule is CC1CCCCC1OCCOC(=O)c1cc2ccccc2c(=O)[nH]1. The third kappa shape index (κ3) is 3.85. The van der Waals surface area contributed by atoms with E-state index in [2.05, 4.69) is 11.9 Å². The number of nitrogens with one attached hydrogen (secondary N) is 1. The Kier molecular flexibility index (Phi) is 5.30. The summed E-state index contributed by atoms with van der Waals surface area (Å²) in [7, 11) is 0. The molecule has 1 aliphatic carbocycles. The lowest BCUT2D eigenvalue weighted by Gasteiger charge is -2.28. The average Bonchev–Trinajstić information content (AvgIpc) is 2.60. The molecule has 2 atom stereocenters. The van der Waals surface area contributed by atoms with Gasteiger partial charge >= 0.3 is 5.97 Å². The van der Waals surface area contributed by atoms with Crippen LogP contribution in [0, 0.1) is 5.92 Å². The zero-order chi connectivity index (χ0) is 16.9. The number of carbonyl (C=O) groups excluding carboxylic acids is 1. The fourth-order valence-corrected chi connectivity index (χ4v) is 3.26. The van der Waals surface area contributed by atoms with E-state index in [0.717, 1.165) is 11.8 Å². The van der Waals surface area contributed by atoms with Crippen molar-refractivity contribution in [2.45, 2.75) is 38.7 Å². The molecule has 1 heterocycles. The maximum Gasteiger partial charge on any atom is 0.354 e. The second-order valence-corrected chi connectivity index (χ2v) is 6.41. The first-order valence-corrected chi connectivity index (χ1v) is 8.56. The number of aromatic nitrogens is 1. The number of H-pyrrole nitrogens is 1. The summed E-state index contributed by atoms with van der Waals surface area (Å²) in [6, 6.07) is 8.79. The quantitative estimate of drug-likeness (QED) is 0.675. The smallest absolute Gasteiger partial charge is 0.354 e. The van der Waals surface area contributed by atoms with Crippen molar-refractivity contribution in [1.29, 1.82) is 0 Å². The molecule has 3 rings (SSSR count). The van der Waals surface area contributed by atoms with Crippen molar-refractivity contribution >= 4 is 16.7 Å². The Morgan fingerprint density at radius 2 is 2.00 bits per heavy atom. The van der Waals surface area contributed by atoms with Crippen LogP contribution >= 0.6 is 0 Å². The summed E-state index contributed by atoms with van der Waals surface area (Å²) in [5, 5.41) is 1.28. The highest BCUT2D eigenvalue weighted by Crippen LogP contribution is 2.26. The molecule has 1 aromatic carbocycles. The molecule has 1 aromatic heterocycles. The van der Waals surface area contributed by atoms with Crippen molar-refractivity contribution in [3.8, 4) is 0 Å². The summed E-state index contributed by atoms with van der Waals surface area (Å²) < 4.78 is 11.1. The van der Waals surface area contributed by atoms with E-state index in [9.17, 15) is 9.59 Å². The second-order valence-electron chi connectivity index (χ2n) is 6.41. The third-order valence-electron chi connectivity index (χ3n) is 4.65. The van der Waals surface area contributed by atoms with Crippen molar-refractivity contribution in [1.82, 2.24) is 4.98 Å².